The fourth-order valence-electron chi connectivity index (χ4n) is 0.993. The first kappa shape index (κ1) is 13.3. The zero-order chi connectivity index (χ0) is 13.0. The van der Waals surface area contributed by atoms with Crippen LogP contribution in [0, 0.1) is 10.1 Å². The van der Waals surface area contributed by atoms with Gasteiger partial charge in [-0.15, -0.1) is 0 Å². The van der Waals surface area contributed by atoms with E-state index in [4.69, 9.17) is 16.3 Å². The Labute approximate surface area is 102 Å². The predicted octanol–water partition coefficient (Wildman–Crippen LogP) is 1.62. The van der Waals surface area contributed by atoms with Crippen molar-refractivity contribution in [2.75, 3.05) is 12.4 Å². The van der Waals surface area contributed by atoms with E-state index >= 15 is 0 Å². The fraction of sp³-hybridized carbons (Fsp3) is 0.333. The number of halogens is 1. The van der Waals surface area contributed by atoms with Crippen LogP contribution in [0.5, 0.6) is 0 Å². The molecule has 0 saturated carbocycles. The molecule has 1 aromatic rings. The zero-order valence-electron chi connectivity index (χ0n) is 9.14. The van der Waals surface area contributed by atoms with Crippen LogP contribution < -0.4 is 5.32 Å². The molecule has 1 rings (SSSR count). The molecule has 0 bridgehead atoms. The molecule has 1 unspecified atom stereocenters. The summed E-state index contributed by atoms with van der Waals surface area (Å²) in [5, 5.41) is 13.0. The van der Waals surface area contributed by atoms with E-state index in [0.29, 0.717) is 0 Å². The average molecular weight is 260 g/mol. The van der Waals surface area contributed by atoms with Crippen molar-refractivity contribution < 1.29 is 14.5 Å². The Morgan fingerprint density at radius 2 is 2.29 bits per heavy atom. The normalized spacial score (nSPS) is 11.9. The van der Waals surface area contributed by atoms with E-state index in [1.807, 2.05) is 0 Å². The van der Waals surface area contributed by atoms with E-state index in [-0.39, 0.29) is 16.7 Å². The number of carbonyl (C=O) groups excluding carboxylic acids is 1. The van der Waals surface area contributed by atoms with Crippen molar-refractivity contribution >= 4 is 29.0 Å². The number of aromatic nitrogens is 1. The second kappa shape index (κ2) is 5.55. The van der Waals surface area contributed by atoms with Gasteiger partial charge in [-0.05, 0) is 13.0 Å². The van der Waals surface area contributed by atoms with Gasteiger partial charge in [0.2, 0.25) is 5.82 Å². The smallest absolute Gasteiger partial charge is 0.311 e. The summed E-state index contributed by atoms with van der Waals surface area (Å²) < 4.78 is 4.77. The molecule has 0 aliphatic carbocycles. The second-order valence-corrected chi connectivity index (χ2v) is 3.51. The molecule has 0 spiro atoms. The van der Waals surface area contributed by atoms with Gasteiger partial charge in [0.25, 0.3) is 5.91 Å². The van der Waals surface area contributed by atoms with E-state index in [2.05, 4.69) is 10.3 Å². The maximum Gasteiger partial charge on any atom is 0.311 e. The Hall–Kier alpha value is -1.73. The first-order valence-corrected chi connectivity index (χ1v) is 4.98. The van der Waals surface area contributed by atoms with Gasteiger partial charge in [-0.25, -0.2) is 4.98 Å². The van der Waals surface area contributed by atoms with Crippen molar-refractivity contribution in [3.05, 3.63) is 27.4 Å². The van der Waals surface area contributed by atoms with Crippen LogP contribution in [0.3, 0.4) is 0 Å². The molecule has 0 aliphatic heterocycles. The largest absolute Gasteiger partial charge is 0.372 e. The van der Waals surface area contributed by atoms with Crippen LogP contribution in [0.15, 0.2) is 12.1 Å². The molecule has 1 amide bonds. The molecule has 17 heavy (non-hydrogen) atoms. The van der Waals surface area contributed by atoms with Gasteiger partial charge in [0.15, 0.2) is 0 Å². The number of hydrogen-bond acceptors (Lipinski definition) is 5. The monoisotopic (exact) mass is 259 g/mol. The van der Waals surface area contributed by atoms with Gasteiger partial charge in [0, 0.05) is 13.2 Å². The number of rotatable bonds is 4. The SMILES string of the molecule is COC(C)C(=O)Nc1nc(Cl)ccc1[N+](=O)[O-]. The molecule has 0 aromatic carbocycles. The number of anilines is 1. The summed E-state index contributed by atoms with van der Waals surface area (Å²) in [4.78, 5) is 25.2. The van der Waals surface area contributed by atoms with Crippen LogP contribution in [0.1, 0.15) is 6.92 Å². The van der Waals surface area contributed by atoms with Crippen LogP contribution in [-0.2, 0) is 9.53 Å². The number of amides is 1. The number of pyridine rings is 1. The molecule has 0 saturated heterocycles. The molecular formula is C9H10ClN3O4. The Bertz CT molecular complexity index is 452. The maximum atomic E-state index is 11.5. The summed E-state index contributed by atoms with van der Waals surface area (Å²) in [6.45, 7) is 1.51. The third-order valence-corrected chi connectivity index (χ3v) is 2.21. The zero-order valence-corrected chi connectivity index (χ0v) is 9.89. The van der Waals surface area contributed by atoms with Crippen molar-refractivity contribution in [1.29, 1.82) is 0 Å². The van der Waals surface area contributed by atoms with Crippen LogP contribution in [-0.4, -0.2) is 29.0 Å². The van der Waals surface area contributed by atoms with E-state index < -0.39 is 16.9 Å². The first-order valence-electron chi connectivity index (χ1n) is 4.60. The Balaban J connectivity index is 3.00. The lowest BCUT2D eigenvalue weighted by atomic mass is 10.3. The minimum Gasteiger partial charge on any atom is -0.372 e. The third kappa shape index (κ3) is 3.36. The minimum atomic E-state index is -0.740. The van der Waals surface area contributed by atoms with Gasteiger partial charge in [-0.3, -0.25) is 14.9 Å². The highest BCUT2D eigenvalue weighted by Crippen LogP contribution is 2.23. The number of nitro groups is 1. The number of methoxy groups -OCH3 is 1. The number of hydrogen-bond donors (Lipinski definition) is 1. The molecule has 1 heterocycles. The Morgan fingerprint density at radius 1 is 1.65 bits per heavy atom. The average Bonchev–Trinajstić information content (AvgIpc) is 2.27. The molecule has 1 atom stereocenters. The summed E-state index contributed by atoms with van der Waals surface area (Å²) in [7, 11) is 1.35. The lowest BCUT2D eigenvalue weighted by molar-refractivity contribution is -0.384. The first-order chi connectivity index (χ1) is 7.95. The van der Waals surface area contributed by atoms with Crippen molar-refractivity contribution in [1.82, 2.24) is 4.98 Å². The van der Waals surface area contributed by atoms with Crippen molar-refractivity contribution in [2.24, 2.45) is 0 Å². The molecular weight excluding hydrogens is 250 g/mol. The quantitative estimate of drug-likeness (QED) is 0.504. The van der Waals surface area contributed by atoms with E-state index in [1.165, 1.54) is 26.2 Å². The summed E-state index contributed by atoms with van der Waals surface area (Å²) in [5.74, 6) is -0.734. The molecule has 0 radical (unpaired) electrons. The third-order valence-electron chi connectivity index (χ3n) is 2.00. The lowest BCUT2D eigenvalue weighted by Gasteiger charge is -2.09. The number of nitrogens with zero attached hydrogens (tertiary/aromatic N) is 2. The van der Waals surface area contributed by atoms with E-state index in [1.54, 1.807) is 0 Å². The van der Waals surface area contributed by atoms with Gasteiger partial charge >= 0.3 is 5.69 Å². The Morgan fingerprint density at radius 3 is 2.82 bits per heavy atom. The van der Waals surface area contributed by atoms with Gasteiger partial charge in [0.05, 0.1) is 4.92 Å². The number of ether oxygens (including phenoxy) is 1. The standard InChI is InChI=1S/C9H10ClN3O4/c1-5(17-2)9(14)12-8-6(13(15)16)3-4-7(10)11-8/h3-5H,1-2H3,(H,11,12,14). The minimum absolute atomic E-state index is 0.0518. The van der Waals surface area contributed by atoms with E-state index in [0.717, 1.165) is 0 Å². The highest BCUT2D eigenvalue weighted by atomic mass is 35.5. The Kier molecular flexibility index (Phi) is 4.36. The summed E-state index contributed by atoms with van der Waals surface area (Å²) >= 11 is 5.60. The summed E-state index contributed by atoms with van der Waals surface area (Å²) in [6.07, 6.45) is -0.740. The predicted molar refractivity (Wildman–Crippen MR) is 61.0 cm³/mol. The van der Waals surface area contributed by atoms with E-state index in [9.17, 15) is 14.9 Å². The van der Waals surface area contributed by atoms with Gasteiger partial charge in [0.1, 0.15) is 11.3 Å². The fourth-order valence-corrected chi connectivity index (χ4v) is 1.14. The van der Waals surface area contributed by atoms with Gasteiger partial charge in [-0.2, -0.15) is 0 Å². The van der Waals surface area contributed by atoms with Gasteiger partial charge in [-0.1, -0.05) is 11.6 Å². The van der Waals surface area contributed by atoms with Crippen LogP contribution in [0.2, 0.25) is 5.15 Å². The molecule has 0 aliphatic rings. The number of carbonyl (C=O) groups is 1. The molecule has 8 heteroatoms. The summed E-state index contributed by atoms with van der Waals surface area (Å²) in [5.41, 5.74) is -0.328. The second-order valence-electron chi connectivity index (χ2n) is 3.13. The van der Waals surface area contributed by atoms with Crippen molar-refractivity contribution in [2.45, 2.75) is 13.0 Å². The topological polar surface area (TPSA) is 94.4 Å². The van der Waals surface area contributed by atoms with Crippen LogP contribution >= 0.6 is 11.6 Å². The lowest BCUT2D eigenvalue weighted by Crippen LogP contribution is -2.27. The molecule has 92 valence electrons. The highest BCUT2D eigenvalue weighted by Gasteiger charge is 2.20. The maximum absolute atomic E-state index is 11.5. The molecule has 0 fully saturated rings. The van der Waals surface area contributed by atoms with Gasteiger partial charge < -0.3 is 10.1 Å². The van der Waals surface area contributed by atoms with Crippen molar-refractivity contribution in [3.63, 3.8) is 0 Å². The van der Waals surface area contributed by atoms with Crippen LogP contribution in [0.4, 0.5) is 11.5 Å². The van der Waals surface area contributed by atoms with Crippen LogP contribution in [0.25, 0.3) is 0 Å². The molecule has 7 nitrogen and oxygen atoms in total. The number of nitrogens with one attached hydrogen (secondary N) is 1. The van der Waals surface area contributed by atoms with Crippen molar-refractivity contribution in [3.8, 4) is 0 Å². The highest BCUT2D eigenvalue weighted by molar-refractivity contribution is 6.29. The molecule has 1 N–H and O–H groups in total. The molecule has 1 aromatic heterocycles. The summed E-state index contributed by atoms with van der Waals surface area (Å²) in [6, 6.07) is 2.44.